The number of anilines is 1. The quantitative estimate of drug-likeness (QED) is 0.438. The molecule has 0 heterocycles. The molecule has 0 radical (unpaired) electrons. The molecule has 9 heteroatoms. The van der Waals surface area contributed by atoms with E-state index in [1.54, 1.807) is 31.2 Å². The van der Waals surface area contributed by atoms with Gasteiger partial charge in [0.2, 0.25) is 5.75 Å². The molecule has 0 saturated heterocycles. The second kappa shape index (κ2) is 11.3. The SMILES string of the molecule is COc1cc(Cl)c(C)cc1NC(=O)C(C)OC(=O)/C=C/c1cc(OC)c(OC)c(OC)c1. The van der Waals surface area contributed by atoms with Crippen LogP contribution in [0.2, 0.25) is 5.02 Å². The molecule has 172 valence electrons. The van der Waals surface area contributed by atoms with Crippen LogP contribution in [-0.2, 0) is 14.3 Å². The van der Waals surface area contributed by atoms with Gasteiger partial charge in [-0.3, -0.25) is 4.79 Å². The Labute approximate surface area is 192 Å². The monoisotopic (exact) mass is 463 g/mol. The van der Waals surface area contributed by atoms with Gasteiger partial charge in [0.05, 0.1) is 34.1 Å². The van der Waals surface area contributed by atoms with Gasteiger partial charge in [0.1, 0.15) is 5.75 Å². The molecule has 0 aromatic heterocycles. The van der Waals surface area contributed by atoms with Gasteiger partial charge in [-0.1, -0.05) is 11.6 Å². The number of rotatable bonds is 9. The molecule has 1 unspecified atom stereocenters. The third kappa shape index (κ3) is 6.07. The normalized spacial score (nSPS) is 11.6. The minimum absolute atomic E-state index is 0.398. The van der Waals surface area contributed by atoms with Gasteiger partial charge in [0.25, 0.3) is 5.91 Å². The van der Waals surface area contributed by atoms with Gasteiger partial charge in [0, 0.05) is 17.2 Å². The van der Waals surface area contributed by atoms with Gasteiger partial charge in [-0.15, -0.1) is 0 Å². The van der Waals surface area contributed by atoms with Crippen molar-refractivity contribution < 1.29 is 33.3 Å². The summed E-state index contributed by atoms with van der Waals surface area (Å²) in [7, 11) is 5.96. The summed E-state index contributed by atoms with van der Waals surface area (Å²) >= 11 is 6.08. The second-order valence-corrected chi connectivity index (χ2v) is 7.07. The summed E-state index contributed by atoms with van der Waals surface area (Å²) in [6, 6.07) is 6.63. The highest BCUT2D eigenvalue weighted by molar-refractivity contribution is 6.31. The fraction of sp³-hybridized carbons (Fsp3) is 0.304. The number of carbonyl (C=O) groups is 2. The van der Waals surface area contributed by atoms with Crippen LogP contribution in [0.1, 0.15) is 18.1 Å². The smallest absolute Gasteiger partial charge is 0.331 e. The molecule has 2 aromatic carbocycles. The second-order valence-electron chi connectivity index (χ2n) is 6.66. The number of esters is 1. The third-order valence-electron chi connectivity index (χ3n) is 4.50. The van der Waals surface area contributed by atoms with E-state index in [4.69, 9.17) is 35.3 Å². The minimum atomic E-state index is -1.05. The highest BCUT2D eigenvalue weighted by Gasteiger charge is 2.19. The van der Waals surface area contributed by atoms with E-state index in [2.05, 4.69) is 5.32 Å². The number of benzene rings is 2. The van der Waals surface area contributed by atoms with Gasteiger partial charge in [0.15, 0.2) is 17.6 Å². The lowest BCUT2D eigenvalue weighted by Gasteiger charge is -2.15. The summed E-state index contributed by atoms with van der Waals surface area (Å²) in [6.45, 7) is 3.27. The lowest BCUT2D eigenvalue weighted by atomic mass is 10.1. The fourth-order valence-corrected chi connectivity index (χ4v) is 2.95. The van der Waals surface area contributed by atoms with Crippen molar-refractivity contribution in [3.63, 3.8) is 0 Å². The van der Waals surface area contributed by atoms with Crippen molar-refractivity contribution in [2.45, 2.75) is 20.0 Å². The first-order chi connectivity index (χ1) is 15.2. The maximum atomic E-state index is 12.5. The molecule has 0 aliphatic rings. The molecule has 2 rings (SSSR count). The molecule has 32 heavy (non-hydrogen) atoms. The van der Waals surface area contributed by atoms with Crippen LogP contribution in [0.4, 0.5) is 5.69 Å². The van der Waals surface area contributed by atoms with Crippen LogP contribution in [0.5, 0.6) is 23.0 Å². The first-order valence-electron chi connectivity index (χ1n) is 9.57. The Bertz CT molecular complexity index is 995. The molecular weight excluding hydrogens is 438 g/mol. The summed E-state index contributed by atoms with van der Waals surface area (Å²) in [5, 5.41) is 3.19. The maximum absolute atomic E-state index is 12.5. The van der Waals surface area contributed by atoms with E-state index in [-0.39, 0.29) is 0 Å². The Kier molecular flexibility index (Phi) is 8.78. The first kappa shape index (κ1) is 24.9. The average Bonchev–Trinajstić information content (AvgIpc) is 2.78. The summed E-state index contributed by atoms with van der Waals surface area (Å²) in [4.78, 5) is 24.7. The summed E-state index contributed by atoms with van der Waals surface area (Å²) in [5.74, 6) is 0.516. The first-order valence-corrected chi connectivity index (χ1v) is 9.95. The number of ether oxygens (including phenoxy) is 5. The molecule has 1 atom stereocenters. The highest BCUT2D eigenvalue weighted by Crippen LogP contribution is 2.38. The van der Waals surface area contributed by atoms with Crippen molar-refractivity contribution in [1.82, 2.24) is 0 Å². The van der Waals surface area contributed by atoms with E-state index in [9.17, 15) is 9.59 Å². The van der Waals surface area contributed by atoms with E-state index in [0.717, 1.165) is 5.56 Å². The van der Waals surface area contributed by atoms with Crippen molar-refractivity contribution in [2.75, 3.05) is 33.8 Å². The zero-order chi connectivity index (χ0) is 23.8. The highest BCUT2D eigenvalue weighted by atomic mass is 35.5. The minimum Gasteiger partial charge on any atom is -0.495 e. The largest absolute Gasteiger partial charge is 0.495 e. The molecule has 0 spiro atoms. The zero-order valence-electron chi connectivity index (χ0n) is 18.8. The Morgan fingerprint density at radius 1 is 0.938 bits per heavy atom. The van der Waals surface area contributed by atoms with Crippen LogP contribution >= 0.6 is 11.6 Å². The topological polar surface area (TPSA) is 92.3 Å². The van der Waals surface area contributed by atoms with E-state index >= 15 is 0 Å². The maximum Gasteiger partial charge on any atom is 0.331 e. The number of hydrogen-bond donors (Lipinski definition) is 1. The number of amides is 1. The van der Waals surface area contributed by atoms with Gasteiger partial charge in [-0.2, -0.15) is 0 Å². The summed E-state index contributed by atoms with van der Waals surface area (Å²) in [5.41, 5.74) is 1.81. The summed E-state index contributed by atoms with van der Waals surface area (Å²) in [6.07, 6.45) is 1.67. The van der Waals surface area contributed by atoms with Gasteiger partial charge in [-0.05, 0) is 49.2 Å². The van der Waals surface area contributed by atoms with E-state index in [0.29, 0.717) is 39.3 Å². The number of hydrogen-bond acceptors (Lipinski definition) is 7. The number of carbonyl (C=O) groups excluding carboxylic acids is 2. The molecule has 0 bridgehead atoms. The number of aryl methyl sites for hydroxylation is 1. The lowest BCUT2D eigenvalue weighted by molar-refractivity contribution is -0.148. The Balaban J connectivity index is 2.07. The molecule has 0 aliphatic heterocycles. The van der Waals surface area contributed by atoms with Crippen molar-refractivity contribution in [2.24, 2.45) is 0 Å². The fourth-order valence-electron chi connectivity index (χ4n) is 2.79. The van der Waals surface area contributed by atoms with E-state index in [1.807, 2.05) is 0 Å². The van der Waals surface area contributed by atoms with Crippen LogP contribution in [0, 0.1) is 6.92 Å². The van der Waals surface area contributed by atoms with Gasteiger partial charge >= 0.3 is 5.97 Å². The van der Waals surface area contributed by atoms with E-state index in [1.165, 1.54) is 47.5 Å². The Hall–Kier alpha value is -3.39. The zero-order valence-corrected chi connectivity index (χ0v) is 19.5. The van der Waals surface area contributed by atoms with Crippen LogP contribution < -0.4 is 24.3 Å². The van der Waals surface area contributed by atoms with Gasteiger partial charge < -0.3 is 29.0 Å². The molecule has 0 fully saturated rings. The lowest BCUT2D eigenvalue weighted by Crippen LogP contribution is -2.29. The van der Waals surface area contributed by atoms with Gasteiger partial charge in [-0.25, -0.2) is 4.79 Å². The number of halogens is 1. The van der Waals surface area contributed by atoms with Crippen LogP contribution in [-0.4, -0.2) is 46.4 Å². The Morgan fingerprint density at radius 2 is 1.53 bits per heavy atom. The molecular formula is C23H26ClNO7. The average molecular weight is 464 g/mol. The standard InChI is InChI=1S/C23H26ClNO7/c1-13-9-17(18(28-3)12-16(13)24)25-23(27)14(2)32-21(26)8-7-15-10-19(29-4)22(31-6)20(11-15)30-5/h7-12,14H,1-6H3,(H,25,27)/b8-7+. The molecule has 2 aromatic rings. The number of methoxy groups -OCH3 is 4. The molecule has 8 nitrogen and oxygen atoms in total. The molecule has 0 saturated carbocycles. The molecule has 1 N–H and O–H groups in total. The third-order valence-corrected chi connectivity index (χ3v) is 4.91. The predicted molar refractivity (Wildman–Crippen MR) is 122 cm³/mol. The van der Waals surface area contributed by atoms with Crippen molar-refractivity contribution >= 4 is 35.2 Å². The van der Waals surface area contributed by atoms with Crippen molar-refractivity contribution in [3.05, 3.63) is 46.5 Å². The predicted octanol–water partition coefficient (Wildman–Crippen LogP) is 4.27. The van der Waals surface area contributed by atoms with Crippen LogP contribution in [0.15, 0.2) is 30.3 Å². The Morgan fingerprint density at radius 3 is 2.06 bits per heavy atom. The number of nitrogens with one attached hydrogen (secondary N) is 1. The van der Waals surface area contributed by atoms with Crippen molar-refractivity contribution in [1.29, 1.82) is 0 Å². The van der Waals surface area contributed by atoms with Crippen LogP contribution in [0.25, 0.3) is 6.08 Å². The van der Waals surface area contributed by atoms with Crippen LogP contribution in [0.3, 0.4) is 0 Å². The molecule has 1 amide bonds. The van der Waals surface area contributed by atoms with E-state index < -0.39 is 18.0 Å². The molecule has 0 aliphatic carbocycles. The summed E-state index contributed by atoms with van der Waals surface area (Å²) < 4.78 is 26.3. The van der Waals surface area contributed by atoms with Crippen molar-refractivity contribution in [3.8, 4) is 23.0 Å².